The Bertz CT molecular complexity index is 196. The zero-order valence-corrected chi connectivity index (χ0v) is 6.89. The Balaban J connectivity index is 2.10. The Kier molecular flexibility index (Phi) is 1.20. The largest absolute Gasteiger partial charge is 0.444 e. The van der Waals surface area contributed by atoms with Crippen LogP contribution in [0.2, 0.25) is 0 Å². The molecule has 1 amide bonds. The smallest absolute Gasteiger partial charge is 0.408 e. The molecule has 2 rings (SSSR count). The van der Waals surface area contributed by atoms with Crippen molar-refractivity contribution in [3.8, 4) is 0 Å². The van der Waals surface area contributed by atoms with Crippen LogP contribution in [0.25, 0.3) is 0 Å². The first-order valence-corrected chi connectivity index (χ1v) is 4.11. The zero-order chi connectivity index (χ0) is 8.06. The van der Waals surface area contributed by atoms with Gasteiger partial charge in [0.05, 0.1) is 5.54 Å². The molecule has 0 aromatic carbocycles. The van der Waals surface area contributed by atoms with Crippen molar-refractivity contribution in [1.29, 1.82) is 0 Å². The maximum Gasteiger partial charge on any atom is 0.408 e. The minimum absolute atomic E-state index is 0.00347. The van der Waals surface area contributed by atoms with E-state index in [1.54, 1.807) is 0 Å². The number of amides is 1. The summed E-state index contributed by atoms with van der Waals surface area (Å²) in [7, 11) is 0. The second-order valence-electron chi connectivity index (χ2n) is 3.84. The summed E-state index contributed by atoms with van der Waals surface area (Å²) < 4.78 is 5.02. The van der Waals surface area contributed by atoms with Gasteiger partial charge in [-0.2, -0.15) is 0 Å². The third-order valence-electron chi connectivity index (χ3n) is 2.84. The number of rotatable bonds is 0. The van der Waals surface area contributed by atoms with Crippen molar-refractivity contribution in [2.24, 2.45) is 5.92 Å². The molecule has 3 nitrogen and oxygen atoms in total. The van der Waals surface area contributed by atoms with Gasteiger partial charge in [-0.1, -0.05) is 6.92 Å². The molecular formula is C8H13NO2. The Morgan fingerprint density at radius 3 is 2.55 bits per heavy atom. The van der Waals surface area contributed by atoms with Crippen LogP contribution >= 0.6 is 0 Å². The lowest BCUT2D eigenvalue weighted by Crippen LogP contribution is -2.56. The van der Waals surface area contributed by atoms with Crippen LogP contribution in [-0.2, 0) is 4.74 Å². The molecule has 0 unspecified atom stereocenters. The molecular weight excluding hydrogens is 142 g/mol. The van der Waals surface area contributed by atoms with Gasteiger partial charge < -0.3 is 10.1 Å². The molecule has 2 aliphatic rings. The average Bonchev–Trinajstić information content (AvgIpc) is 2.06. The highest BCUT2D eigenvalue weighted by Crippen LogP contribution is 2.43. The van der Waals surface area contributed by atoms with Gasteiger partial charge in [-0.25, -0.2) is 4.79 Å². The van der Waals surface area contributed by atoms with Gasteiger partial charge in [0.25, 0.3) is 0 Å². The average molecular weight is 155 g/mol. The molecule has 11 heavy (non-hydrogen) atoms. The number of alkyl carbamates (subject to hydrolysis) is 1. The Morgan fingerprint density at radius 2 is 2.18 bits per heavy atom. The SMILES string of the molecule is C[C@@H]1OC(=O)N[C@]12C[C@@H](C)C2. The van der Waals surface area contributed by atoms with Crippen molar-refractivity contribution in [1.82, 2.24) is 5.32 Å². The fraction of sp³-hybridized carbons (Fsp3) is 0.875. The molecule has 1 saturated carbocycles. The summed E-state index contributed by atoms with van der Waals surface area (Å²) in [5.74, 6) is 0.736. The molecule has 1 atom stereocenters. The van der Waals surface area contributed by atoms with E-state index in [1.165, 1.54) is 0 Å². The van der Waals surface area contributed by atoms with Gasteiger partial charge in [0.1, 0.15) is 6.10 Å². The van der Waals surface area contributed by atoms with Crippen LogP contribution in [0.3, 0.4) is 0 Å². The molecule has 62 valence electrons. The van der Waals surface area contributed by atoms with E-state index in [0.29, 0.717) is 0 Å². The van der Waals surface area contributed by atoms with Crippen LogP contribution in [0.4, 0.5) is 4.79 Å². The quantitative estimate of drug-likeness (QED) is 0.572. The van der Waals surface area contributed by atoms with Crippen molar-refractivity contribution in [2.75, 3.05) is 0 Å². The third-order valence-corrected chi connectivity index (χ3v) is 2.84. The van der Waals surface area contributed by atoms with E-state index >= 15 is 0 Å². The molecule has 1 spiro atoms. The van der Waals surface area contributed by atoms with Gasteiger partial charge in [0.2, 0.25) is 0 Å². The van der Waals surface area contributed by atoms with E-state index < -0.39 is 0 Å². The standard InChI is InChI=1S/C8H13NO2/c1-5-3-8(4-5)6(2)11-7(10)9-8/h5-6H,3-4H2,1-2H3,(H,9,10)/t5-,6-,8+/m0/s1. The predicted molar refractivity (Wildman–Crippen MR) is 40.2 cm³/mol. The van der Waals surface area contributed by atoms with Crippen molar-refractivity contribution in [2.45, 2.75) is 38.3 Å². The summed E-state index contributed by atoms with van der Waals surface area (Å²) in [5, 5.41) is 2.89. The van der Waals surface area contributed by atoms with Crippen LogP contribution in [0.5, 0.6) is 0 Å². The summed E-state index contributed by atoms with van der Waals surface area (Å²) in [6.45, 7) is 4.16. The van der Waals surface area contributed by atoms with Crippen LogP contribution in [0.1, 0.15) is 26.7 Å². The monoisotopic (exact) mass is 155 g/mol. The molecule has 1 heterocycles. The summed E-state index contributed by atoms with van der Waals surface area (Å²) in [6, 6.07) is 0. The Morgan fingerprint density at radius 1 is 1.55 bits per heavy atom. The maximum atomic E-state index is 10.8. The molecule has 1 aliphatic carbocycles. The molecule has 0 aromatic rings. The third kappa shape index (κ3) is 0.832. The highest BCUT2D eigenvalue weighted by atomic mass is 16.6. The molecule has 1 N–H and O–H groups in total. The Hall–Kier alpha value is -0.730. The molecule has 1 aliphatic heterocycles. The number of nitrogens with one attached hydrogen (secondary N) is 1. The number of hydrogen-bond donors (Lipinski definition) is 1. The lowest BCUT2D eigenvalue weighted by Gasteiger charge is -2.44. The second kappa shape index (κ2) is 1.90. The molecule has 2 fully saturated rings. The predicted octanol–water partition coefficient (Wildman–Crippen LogP) is 1.28. The van der Waals surface area contributed by atoms with Crippen molar-refractivity contribution in [3.05, 3.63) is 0 Å². The van der Waals surface area contributed by atoms with E-state index in [-0.39, 0.29) is 17.7 Å². The van der Waals surface area contributed by atoms with Crippen molar-refractivity contribution in [3.63, 3.8) is 0 Å². The highest BCUT2D eigenvalue weighted by molar-refractivity contribution is 5.71. The van der Waals surface area contributed by atoms with Gasteiger partial charge in [-0.15, -0.1) is 0 Å². The fourth-order valence-corrected chi connectivity index (χ4v) is 2.23. The van der Waals surface area contributed by atoms with E-state index in [9.17, 15) is 4.79 Å². The minimum Gasteiger partial charge on any atom is -0.444 e. The van der Waals surface area contributed by atoms with E-state index in [2.05, 4.69) is 12.2 Å². The summed E-state index contributed by atoms with van der Waals surface area (Å²) in [6.07, 6.45) is 1.95. The summed E-state index contributed by atoms with van der Waals surface area (Å²) in [5.41, 5.74) is -0.00347. The Labute approximate surface area is 66.1 Å². The molecule has 1 saturated heterocycles. The van der Waals surface area contributed by atoms with Gasteiger partial charge >= 0.3 is 6.09 Å². The lowest BCUT2D eigenvalue weighted by atomic mass is 9.67. The molecule has 3 heteroatoms. The normalized spacial score (nSPS) is 48.4. The summed E-state index contributed by atoms with van der Waals surface area (Å²) in [4.78, 5) is 10.8. The van der Waals surface area contributed by atoms with Crippen LogP contribution in [0.15, 0.2) is 0 Å². The maximum absolute atomic E-state index is 10.8. The number of carbonyl (C=O) groups is 1. The first kappa shape index (κ1) is 6.95. The van der Waals surface area contributed by atoms with Gasteiger partial charge in [0, 0.05) is 0 Å². The fourth-order valence-electron chi connectivity index (χ4n) is 2.23. The van der Waals surface area contributed by atoms with Crippen LogP contribution < -0.4 is 5.32 Å². The van der Waals surface area contributed by atoms with Gasteiger partial charge in [-0.05, 0) is 25.7 Å². The van der Waals surface area contributed by atoms with Gasteiger partial charge in [0.15, 0.2) is 0 Å². The van der Waals surface area contributed by atoms with Gasteiger partial charge in [-0.3, -0.25) is 0 Å². The summed E-state index contributed by atoms with van der Waals surface area (Å²) >= 11 is 0. The number of ether oxygens (including phenoxy) is 1. The zero-order valence-electron chi connectivity index (χ0n) is 6.89. The van der Waals surface area contributed by atoms with Crippen molar-refractivity contribution >= 4 is 6.09 Å². The number of carbonyl (C=O) groups excluding carboxylic acids is 1. The van der Waals surface area contributed by atoms with E-state index in [4.69, 9.17) is 4.74 Å². The first-order valence-electron chi connectivity index (χ1n) is 4.11. The molecule has 0 bridgehead atoms. The first-order chi connectivity index (χ1) is 5.12. The topological polar surface area (TPSA) is 38.3 Å². The van der Waals surface area contributed by atoms with Crippen molar-refractivity contribution < 1.29 is 9.53 Å². The van der Waals surface area contributed by atoms with Crippen LogP contribution in [-0.4, -0.2) is 17.7 Å². The van der Waals surface area contributed by atoms with E-state index in [1.807, 2.05) is 6.92 Å². The number of hydrogen-bond acceptors (Lipinski definition) is 2. The second-order valence-corrected chi connectivity index (χ2v) is 3.84. The minimum atomic E-state index is -0.246. The number of cyclic esters (lactones) is 1. The molecule has 0 aromatic heterocycles. The van der Waals surface area contributed by atoms with Crippen LogP contribution in [0, 0.1) is 5.92 Å². The molecule has 0 radical (unpaired) electrons. The lowest BCUT2D eigenvalue weighted by molar-refractivity contribution is 0.0517. The highest BCUT2D eigenvalue weighted by Gasteiger charge is 2.53. The van der Waals surface area contributed by atoms with E-state index in [0.717, 1.165) is 18.8 Å².